The second kappa shape index (κ2) is 4.70. The Bertz CT molecular complexity index is 774. The molecule has 4 rings (SSSR count). The highest BCUT2D eigenvalue weighted by molar-refractivity contribution is 5.60. The zero-order valence-electron chi connectivity index (χ0n) is 11.5. The Morgan fingerprint density at radius 1 is 1.05 bits per heavy atom. The van der Waals surface area contributed by atoms with Crippen LogP contribution in [0.4, 0.5) is 5.82 Å². The van der Waals surface area contributed by atoms with Crippen LogP contribution in [0.1, 0.15) is 24.6 Å². The first kappa shape index (κ1) is 12.1. The molecule has 2 N–H and O–H groups in total. The maximum absolute atomic E-state index is 5.94. The van der Waals surface area contributed by atoms with Crippen LogP contribution in [0.25, 0.3) is 17.1 Å². The lowest BCUT2D eigenvalue weighted by Gasteiger charge is -2.08. The molecule has 0 aliphatic heterocycles. The van der Waals surface area contributed by atoms with Crippen molar-refractivity contribution in [3.05, 3.63) is 54.5 Å². The van der Waals surface area contributed by atoms with Crippen molar-refractivity contribution in [1.29, 1.82) is 0 Å². The monoisotopic (exact) mass is 277 g/mol. The van der Waals surface area contributed by atoms with E-state index in [0.717, 1.165) is 35.7 Å². The van der Waals surface area contributed by atoms with Gasteiger partial charge in [-0.15, -0.1) is 0 Å². The van der Waals surface area contributed by atoms with Crippen LogP contribution in [0, 0.1) is 0 Å². The molecule has 1 aliphatic rings. The van der Waals surface area contributed by atoms with Crippen molar-refractivity contribution >= 4 is 5.82 Å². The molecule has 0 radical (unpaired) electrons. The smallest absolute Gasteiger partial charge is 0.134 e. The molecule has 1 aliphatic carbocycles. The molecule has 5 heteroatoms. The van der Waals surface area contributed by atoms with E-state index in [1.807, 2.05) is 47.1 Å². The molecular weight excluding hydrogens is 262 g/mol. The lowest BCUT2D eigenvalue weighted by atomic mass is 10.2. The van der Waals surface area contributed by atoms with Gasteiger partial charge in [-0.2, -0.15) is 5.10 Å². The normalized spacial score (nSPS) is 14.3. The van der Waals surface area contributed by atoms with E-state index < -0.39 is 0 Å². The van der Waals surface area contributed by atoms with Gasteiger partial charge in [-0.1, -0.05) is 18.2 Å². The van der Waals surface area contributed by atoms with Crippen LogP contribution in [0.15, 0.2) is 48.7 Å². The topological polar surface area (TPSA) is 69.6 Å². The van der Waals surface area contributed by atoms with E-state index in [-0.39, 0.29) is 0 Å². The van der Waals surface area contributed by atoms with Crippen molar-refractivity contribution in [1.82, 2.24) is 19.7 Å². The molecule has 0 saturated heterocycles. The fraction of sp³-hybridized carbons (Fsp3) is 0.188. The van der Waals surface area contributed by atoms with Gasteiger partial charge >= 0.3 is 0 Å². The summed E-state index contributed by atoms with van der Waals surface area (Å²) in [5.74, 6) is 1.84. The number of nitrogen functional groups attached to an aromatic ring is 1. The third-order valence-corrected chi connectivity index (χ3v) is 3.61. The van der Waals surface area contributed by atoms with Crippen molar-refractivity contribution in [3.63, 3.8) is 0 Å². The lowest BCUT2D eigenvalue weighted by molar-refractivity contribution is 0.874. The number of hydrogen-bond acceptors (Lipinski definition) is 4. The Morgan fingerprint density at radius 2 is 1.86 bits per heavy atom. The molecule has 2 heterocycles. The van der Waals surface area contributed by atoms with Crippen molar-refractivity contribution in [2.75, 3.05) is 5.73 Å². The molecule has 1 aromatic carbocycles. The number of nitrogens with zero attached hydrogens (tertiary/aromatic N) is 4. The SMILES string of the molecule is Nc1cc(-c2ccnn2-c2ccccc2)nc(C2CC2)n1. The first-order valence-electron chi connectivity index (χ1n) is 7.05. The van der Waals surface area contributed by atoms with Gasteiger partial charge in [0.05, 0.1) is 23.3 Å². The van der Waals surface area contributed by atoms with Crippen LogP contribution in [0.2, 0.25) is 0 Å². The minimum atomic E-state index is 0.473. The average molecular weight is 277 g/mol. The molecule has 2 aromatic heterocycles. The highest BCUT2D eigenvalue weighted by Gasteiger charge is 2.27. The van der Waals surface area contributed by atoms with E-state index in [1.54, 1.807) is 6.20 Å². The summed E-state index contributed by atoms with van der Waals surface area (Å²) in [4.78, 5) is 9.02. The molecule has 21 heavy (non-hydrogen) atoms. The van der Waals surface area contributed by atoms with Gasteiger partial charge in [0.15, 0.2) is 0 Å². The average Bonchev–Trinajstić information content (AvgIpc) is 3.24. The number of hydrogen-bond donors (Lipinski definition) is 1. The Balaban J connectivity index is 1.83. The fourth-order valence-electron chi connectivity index (χ4n) is 2.41. The molecule has 1 fully saturated rings. The maximum atomic E-state index is 5.94. The largest absolute Gasteiger partial charge is 0.384 e. The fourth-order valence-corrected chi connectivity index (χ4v) is 2.41. The third-order valence-electron chi connectivity index (χ3n) is 3.61. The second-order valence-electron chi connectivity index (χ2n) is 5.27. The Morgan fingerprint density at radius 3 is 2.62 bits per heavy atom. The van der Waals surface area contributed by atoms with Gasteiger partial charge in [0.25, 0.3) is 0 Å². The number of nitrogens with two attached hydrogens (primary N) is 1. The van der Waals surface area contributed by atoms with Crippen LogP contribution in [-0.4, -0.2) is 19.7 Å². The third kappa shape index (κ3) is 2.27. The summed E-state index contributed by atoms with van der Waals surface area (Å²) in [5, 5.41) is 4.40. The molecule has 1 saturated carbocycles. The van der Waals surface area contributed by atoms with Crippen molar-refractivity contribution < 1.29 is 0 Å². The summed E-state index contributed by atoms with van der Waals surface area (Å²) in [6.07, 6.45) is 4.08. The van der Waals surface area contributed by atoms with Crippen molar-refractivity contribution in [3.8, 4) is 17.1 Å². The van der Waals surface area contributed by atoms with Crippen LogP contribution >= 0.6 is 0 Å². The molecule has 0 bridgehead atoms. The number of para-hydroxylation sites is 1. The van der Waals surface area contributed by atoms with E-state index in [2.05, 4.69) is 15.1 Å². The molecule has 0 unspecified atom stereocenters. The molecule has 0 amide bonds. The predicted molar refractivity (Wildman–Crippen MR) is 81.0 cm³/mol. The Hall–Kier alpha value is -2.69. The van der Waals surface area contributed by atoms with Gasteiger partial charge in [-0.3, -0.25) is 0 Å². The zero-order valence-corrected chi connectivity index (χ0v) is 11.5. The van der Waals surface area contributed by atoms with Gasteiger partial charge in [0, 0.05) is 12.0 Å². The maximum Gasteiger partial charge on any atom is 0.134 e. The number of anilines is 1. The Labute approximate surface area is 122 Å². The van der Waals surface area contributed by atoms with Crippen LogP contribution in [-0.2, 0) is 0 Å². The Kier molecular flexibility index (Phi) is 2.70. The second-order valence-corrected chi connectivity index (χ2v) is 5.27. The van der Waals surface area contributed by atoms with Crippen molar-refractivity contribution in [2.24, 2.45) is 0 Å². The highest BCUT2D eigenvalue weighted by Crippen LogP contribution is 2.39. The van der Waals surface area contributed by atoms with Gasteiger partial charge in [-0.25, -0.2) is 14.6 Å². The molecule has 0 atom stereocenters. The van der Waals surface area contributed by atoms with Crippen LogP contribution < -0.4 is 5.73 Å². The molecular formula is C16H15N5. The lowest BCUT2D eigenvalue weighted by Crippen LogP contribution is -2.04. The van der Waals surface area contributed by atoms with Gasteiger partial charge in [0.2, 0.25) is 0 Å². The van der Waals surface area contributed by atoms with Gasteiger partial charge in [0.1, 0.15) is 11.6 Å². The highest BCUT2D eigenvalue weighted by atomic mass is 15.3. The van der Waals surface area contributed by atoms with E-state index in [4.69, 9.17) is 5.73 Å². The summed E-state index contributed by atoms with van der Waals surface area (Å²) < 4.78 is 1.87. The number of rotatable bonds is 3. The van der Waals surface area contributed by atoms with E-state index in [0.29, 0.717) is 11.7 Å². The van der Waals surface area contributed by atoms with E-state index in [1.165, 1.54) is 0 Å². The number of aromatic nitrogens is 4. The first-order valence-corrected chi connectivity index (χ1v) is 7.05. The van der Waals surface area contributed by atoms with Crippen LogP contribution in [0.3, 0.4) is 0 Å². The number of benzene rings is 1. The molecule has 5 nitrogen and oxygen atoms in total. The van der Waals surface area contributed by atoms with E-state index >= 15 is 0 Å². The van der Waals surface area contributed by atoms with E-state index in [9.17, 15) is 0 Å². The zero-order chi connectivity index (χ0) is 14.2. The summed E-state index contributed by atoms with van der Waals surface area (Å²) in [7, 11) is 0. The summed E-state index contributed by atoms with van der Waals surface area (Å²) in [6, 6.07) is 13.8. The van der Waals surface area contributed by atoms with Gasteiger partial charge in [-0.05, 0) is 31.0 Å². The van der Waals surface area contributed by atoms with Crippen molar-refractivity contribution in [2.45, 2.75) is 18.8 Å². The van der Waals surface area contributed by atoms with Crippen LogP contribution in [0.5, 0.6) is 0 Å². The first-order chi connectivity index (χ1) is 10.3. The minimum Gasteiger partial charge on any atom is -0.384 e. The molecule has 3 aromatic rings. The summed E-state index contributed by atoms with van der Waals surface area (Å²) in [5.41, 5.74) is 8.69. The summed E-state index contributed by atoms with van der Waals surface area (Å²) in [6.45, 7) is 0. The molecule has 0 spiro atoms. The summed E-state index contributed by atoms with van der Waals surface area (Å²) >= 11 is 0. The predicted octanol–water partition coefficient (Wildman–Crippen LogP) is 2.79. The molecule has 104 valence electrons. The minimum absolute atomic E-state index is 0.473. The standard InChI is InChI=1S/C16H15N5/c17-15-10-13(19-16(20-15)11-6-7-11)14-8-9-18-21(14)12-4-2-1-3-5-12/h1-5,8-11H,6-7H2,(H2,17,19,20). The quantitative estimate of drug-likeness (QED) is 0.799. The van der Waals surface area contributed by atoms with Gasteiger partial charge < -0.3 is 5.73 Å².